The van der Waals surface area contributed by atoms with Crippen molar-refractivity contribution in [2.75, 3.05) is 11.8 Å². The molecule has 0 aliphatic carbocycles. The molecule has 114 valence electrons. The zero-order valence-electron chi connectivity index (χ0n) is 10.4. The first kappa shape index (κ1) is 16.7. The summed E-state index contributed by atoms with van der Waals surface area (Å²) in [6.45, 7) is 0. The maximum atomic E-state index is 12.1. The molecule has 0 bridgehead atoms. The molecule has 0 radical (unpaired) electrons. The van der Waals surface area contributed by atoms with Crippen LogP contribution in [0.1, 0.15) is 5.69 Å². The highest BCUT2D eigenvalue weighted by Crippen LogP contribution is 2.35. The lowest BCUT2D eigenvalue weighted by atomic mass is 10.3. The fourth-order valence-corrected chi connectivity index (χ4v) is 5.64. The number of sulfonamides is 1. The van der Waals surface area contributed by atoms with Gasteiger partial charge in [0.15, 0.2) is 5.13 Å². The van der Waals surface area contributed by atoms with E-state index in [-0.39, 0.29) is 15.8 Å². The van der Waals surface area contributed by atoms with Gasteiger partial charge in [-0.05, 0) is 22.0 Å². The van der Waals surface area contributed by atoms with Crippen molar-refractivity contribution in [1.82, 2.24) is 4.98 Å². The molecule has 0 aliphatic rings. The smallest absolute Gasteiger partial charge is 0.311 e. The number of esters is 1. The molecule has 0 fully saturated rings. The van der Waals surface area contributed by atoms with Crippen LogP contribution in [0.2, 0.25) is 5.02 Å². The van der Waals surface area contributed by atoms with Gasteiger partial charge in [0.2, 0.25) is 0 Å². The monoisotopic (exact) mass is 430 g/mol. The Morgan fingerprint density at radius 2 is 2.29 bits per heavy atom. The Balaban J connectivity index is 2.15. The van der Waals surface area contributed by atoms with Crippen molar-refractivity contribution in [2.24, 2.45) is 0 Å². The van der Waals surface area contributed by atoms with E-state index in [1.807, 2.05) is 0 Å². The Morgan fingerprint density at radius 1 is 1.57 bits per heavy atom. The third kappa shape index (κ3) is 4.16. The summed E-state index contributed by atoms with van der Waals surface area (Å²) in [6, 6.07) is 1.35. The minimum Gasteiger partial charge on any atom is -0.469 e. The minimum atomic E-state index is -3.75. The molecule has 0 saturated heterocycles. The van der Waals surface area contributed by atoms with E-state index in [4.69, 9.17) is 11.6 Å². The SMILES string of the molecule is COC(=O)Cc1csc(NS(=O)(=O)c2cc(Cl)c(Br)s2)n1. The topological polar surface area (TPSA) is 85.4 Å². The van der Waals surface area contributed by atoms with Crippen molar-refractivity contribution in [2.45, 2.75) is 10.6 Å². The van der Waals surface area contributed by atoms with E-state index in [2.05, 4.69) is 30.4 Å². The number of carbonyl (C=O) groups excluding carboxylic acids is 1. The van der Waals surface area contributed by atoms with Crippen LogP contribution in [0.15, 0.2) is 19.4 Å². The number of ether oxygens (including phenoxy) is 1. The van der Waals surface area contributed by atoms with Crippen LogP contribution in [-0.2, 0) is 26.0 Å². The molecule has 6 nitrogen and oxygen atoms in total. The Labute approximate surface area is 142 Å². The normalized spacial score (nSPS) is 11.4. The second-order valence-electron chi connectivity index (χ2n) is 3.69. The first-order valence-corrected chi connectivity index (χ1v) is 9.65. The molecular formula is C10H8BrClN2O4S3. The van der Waals surface area contributed by atoms with Gasteiger partial charge in [-0.2, -0.15) is 0 Å². The summed E-state index contributed by atoms with van der Waals surface area (Å²) in [7, 11) is -2.48. The van der Waals surface area contributed by atoms with Crippen LogP contribution in [0, 0.1) is 0 Å². The quantitative estimate of drug-likeness (QED) is 0.735. The Kier molecular flexibility index (Phi) is 5.25. The van der Waals surface area contributed by atoms with Crippen molar-refractivity contribution in [1.29, 1.82) is 0 Å². The lowest BCUT2D eigenvalue weighted by molar-refractivity contribution is -0.139. The molecule has 2 rings (SSSR count). The Morgan fingerprint density at radius 3 is 2.86 bits per heavy atom. The van der Waals surface area contributed by atoms with E-state index in [1.54, 1.807) is 5.38 Å². The molecule has 0 atom stereocenters. The van der Waals surface area contributed by atoms with Crippen LogP contribution in [0.25, 0.3) is 0 Å². The summed E-state index contributed by atoms with van der Waals surface area (Å²) < 4.78 is 31.8. The van der Waals surface area contributed by atoms with Gasteiger partial charge >= 0.3 is 5.97 Å². The summed E-state index contributed by atoms with van der Waals surface area (Å²) >= 11 is 11.1. The fraction of sp³-hybridized carbons (Fsp3) is 0.200. The van der Waals surface area contributed by atoms with Gasteiger partial charge < -0.3 is 4.74 Å². The van der Waals surface area contributed by atoms with Gasteiger partial charge in [0.25, 0.3) is 10.0 Å². The lowest BCUT2D eigenvalue weighted by Crippen LogP contribution is -2.11. The number of methoxy groups -OCH3 is 1. The predicted octanol–water partition coefficient (Wildman–Crippen LogP) is 3.14. The number of hydrogen-bond acceptors (Lipinski definition) is 7. The van der Waals surface area contributed by atoms with E-state index < -0.39 is 16.0 Å². The second kappa shape index (κ2) is 6.61. The van der Waals surface area contributed by atoms with Crippen molar-refractivity contribution < 1.29 is 17.9 Å². The van der Waals surface area contributed by atoms with Gasteiger partial charge in [0, 0.05) is 5.38 Å². The maximum absolute atomic E-state index is 12.1. The molecule has 0 aromatic carbocycles. The molecular weight excluding hydrogens is 424 g/mol. The van der Waals surface area contributed by atoms with Crippen LogP contribution in [0.3, 0.4) is 0 Å². The van der Waals surface area contributed by atoms with Crippen LogP contribution in [0.4, 0.5) is 5.13 Å². The van der Waals surface area contributed by atoms with Crippen LogP contribution < -0.4 is 4.72 Å². The van der Waals surface area contributed by atoms with E-state index in [1.165, 1.54) is 13.2 Å². The number of thiazole rings is 1. The zero-order chi connectivity index (χ0) is 15.6. The maximum Gasteiger partial charge on any atom is 0.311 e. The number of anilines is 1. The summed E-state index contributed by atoms with van der Waals surface area (Å²) in [6.07, 6.45) is -0.00882. The molecule has 1 N–H and O–H groups in total. The van der Waals surface area contributed by atoms with E-state index in [0.29, 0.717) is 14.5 Å². The van der Waals surface area contributed by atoms with Crippen molar-refractivity contribution in [3.05, 3.63) is 25.9 Å². The average Bonchev–Trinajstić information content (AvgIpc) is 2.97. The average molecular weight is 432 g/mol. The second-order valence-corrected chi connectivity index (χ2v) is 9.23. The first-order chi connectivity index (χ1) is 9.81. The molecule has 2 heterocycles. The van der Waals surface area contributed by atoms with E-state index >= 15 is 0 Å². The molecule has 2 aromatic rings. The van der Waals surface area contributed by atoms with Gasteiger partial charge in [-0.3, -0.25) is 9.52 Å². The molecule has 21 heavy (non-hydrogen) atoms. The highest BCUT2D eigenvalue weighted by Gasteiger charge is 2.20. The van der Waals surface area contributed by atoms with Crippen LogP contribution in [0.5, 0.6) is 0 Å². The number of aromatic nitrogens is 1. The fourth-order valence-electron chi connectivity index (χ4n) is 1.28. The first-order valence-electron chi connectivity index (χ1n) is 5.30. The number of rotatable bonds is 5. The Hall–Kier alpha value is -0.680. The Bertz CT molecular complexity index is 752. The van der Waals surface area contributed by atoms with Crippen molar-refractivity contribution >= 4 is 71.3 Å². The molecule has 0 aliphatic heterocycles. The third-order valence-electron chi connectivity index (χ3n) is 2.21. The van der Waals surface area contributed by atoms with Crippen molar-refractivity contribution in [3.63, 3.8) is 0 Å². The predicted molar refractivity (Wildman–Crippen MR) is 85.7 cm³/mol. The van der Waals surface area contributed by atoms with Crippen LogP contribution >= 0.6 is 50.2 Å². The highest BCUT2D eigenvalue weighted by atomic mass is 79.9. The molecule has 2 aromatic heterocycles. The summed E-state index contributed by atoms with van der Waals surface area (Å²) in [4.78, 5) is 15.1. The number of halogens is 2. The number of nitrogens with zero attached hydrogens (tertiary/aromatic N) is 1. The molecule has 0 saturated carbocycles. The van der Waals surface area contributed by atoms with Gasteiger partial charge in [-0.15, -0.1) is 22.7 Å². The van der Waals surface area contributed by atoms with Gasteiger partial charge in [0.1, 0.15) is 4.21 Å². The third-order valence-corrected chi connectivity index (χ3v) is 7.44. The van der Waals surface area contributed by atoms with E-state index in [9.17, 15) is 13.2 Å². The summed E-state index contributed by atoms with van der Waals surface area (Å²) in [5.41, 5.74) is 0.440. The molecule has 0 spiro atoms. The van der Waals surface area contributed by atoms with Gasteiger partial charge in [0.05, 0.1) is 28.0 Å². The number of carbonyl (C=O) groups is 1. The summed E-state index contributed by atoms with van der Waals surface area (Å²) in [5, 5.41) is 2.09. The van der Waals surface area contributed by atoms with Gasteiger partial charge in [-0.1, -0.05) is 11.6 Å². The van der Waals surface area contributed by atoms with Crippen LogP contribution in [-0.4, -0.2) is 26.5 Å². The summed E-state index contributed by atoms with van der Waals surface area (Å²) in [5.74, 6) is -0.441. The number of thiophene rings is 1. The molecule has 0 amide bonds. The largest absolute Gasteiger partial charge is 0.469 e. The lowest BCUT2D eigenvalue weighted by Gasteiger charge is -2.01. The van der Waals surface area contributed by atoms with Gasteiger partial charge in [-0.25, -0.2) is 13.4 Å². The molecule has 0 unspecified atom stereocenters. The minimum absolute atomic E-state index is 0.00882. The molecule has 11 heteroatoms. The zero-order valence-corrected chi connectivity index (χ0v) is 15.2. The number of nitrogens with one attached hydrogen (secondary N) is 1. The van der Waals surface area contributed by atoms with E-state index in [0.717, 1.165) is 22.7 Å². The highest BCUT2D eigenvalue weighted by molar-refractivity contribution is 9.11. The number of hydrogen-bond donors (Lipinski definition) is 1. The van der Waals surface area contributed by atoms with Crippen molar-refractivity contribution in [3.8, 4) is 0 Å². The standard InChI is InChI=1S/C10H8BrClN2O4S3/c1-18-7(15)2-5-4-19-10(13-5)14-21(16,17)8-3-6(12)9(11)20-8/h3-4H,2H2,1H3,(H,13,14).